The van der Waals surface area contributed by atoms with Gasteiger partial charge in [-0.2, -0.15) is 5.10 Å². The van der Waals surface area contributed by atoms with Crippen molar-refractivity contribution in [3.63, 3.8) is 0 Å². The molecular weight excluding hydrogens is 252 g/mol. The Morgan fingerprint density at radius 1 is 1.35 bits per heavy atom. The summed E-state index contributed by atoms with van der Waals surface area (Å²) in [6.45, 7) is 0. The first-order valence-corrected chi connectivity index (χ1v) is 7.01. The van der Waals surface area contributed by atoms with Gasteiger partial charge >= 0.3 is 0 Å². The number of carbonyl (C=O) groups is 1. The van der Waals surface area contributed by atoms with Gasteiger partial charge in [-0.15, -0.1) is 0 Å². The molecule has 1 saturated carbocycles. The molecule has 1 fully saturated rings. The van der Waals surface area contributed by atoms with E-state index in [1.807, 2.05) is 30.5 Å². The third kappa shape index (κ3) is 2.33. The van der Waals surface area contributed by atoms with Crippen LogP contribution in [0.4, 0.5) is 0 Å². The zero-order valence-electron chi connectivity index (χ0n) is 11.6. The van der Waals surface area contributed by atoms with Crippen LogP contribution in [0.25, 0.3) is 5.69 Å². The number of carbonyl (C=O) groups excluding carboxylic acids is 1. The maximum atomic E-state index is 11.3. The van der Waals surface area contributed by atoms with E-state index in [1.54, 1.807) is 11.8 Å². The molecule has 0 radical (unpaired) electrons. The van der Waals surface area contributed by atoms with Crippen molar-refractivity contribution in [1.29, 1.82) is 0 Å². The van der Waals surface area contributed by atoms with Crippen molar-refractivity contribution < 1.29 is 9.53 Å². The van der Waals surface area contributed by atoms with Crippen LogP contribution in [-0.4, -0.2) is 23.2 Å². The first-order chi connectivity index (χ1) is 9.81. The molecule has 0 spiro atoms. The van der Waals surface area contributed by atoms with Gasteiger partial charge in [-0.05, 0) is 25.0 Å². The molecule has 4 heteroatoms. The highest BCUT2D eigenvalue weighted by Crippen LogP contribution is 2.34. The summed E-state index contributed by atoms with van der Waals surface area (Å²) in [5, 5.41) is 4.64. The van der Waals surface area contributed by atoms with Crippen molar-refractivity contribution in [2.75, 3.05) is 7.11 Å². The molecule has 104 valence electrons. The van der Waals surface area contributed by atoms with Crippen LogP contribution >= 0.6 is 0 Å². The lowest BCUT2D eigenvalue weighted by Crippen LogP contribution is -2.00. The van der Waals surface area contributed by atoms with Gasteiger partial charge in [-0.3, -0.25) is 4.79 Å². The van der Waals surface area contributed by atoms with Gasteiger partial charge in [-0.25, -0.2) is 4.68 Å². The molecule has 0 amide bonds. The van der Waals surface area contributed by atoms with Crippen LogP contribution in [0.5, 0.6) is 5.75 Å². The first kappa shape index (κ1) is 12.9. The summed E-state index contributed by atoms with van der Waals surface area (Å²) in [4.78, 5) is 11.3. The molecule has 0 aliphatic heterocycles. The Balaban J connectivity index is 1.99. The molecular formula is C16H18N2O2. The highest BCUT2D eigenvalue weighted by atomic mass is 16.5. The van der Waals surface area contributed by atoms with Crippen LogP contribution < -0.4 is 4.74 Å². The van der Waals surface area contributed by atoms with Crippen molar-refractivity contribution >= 4 is 6.29 Å². The van der Waals surface area contributed by atoms with Crippen molar-refractivity contribution in [3.8, 4) is 11.4 Å². The molecule has 3 rings (SSSR count). The smallest absolute Gasteiger partial charge is 0.153 e. The second kappa shape index (κ2) is 5.49. The molecule has 0 bridgehead atoms. The molecule has 1 aromatic carbocycles. The Labute approximate surface area is 118 Å². The van der Waals surface area contributed by atoms with Crippen molar-refractivity contribution in [2.24, 2.45) is 0 Å². The Kier molecular flexibility index (Phi) is 3.54. The van der Waals surface area contributed by atoms with Crippen molar-refractivity contribution in [3.05, 3.63) is 41.7 Å². The van der Waals surface area contributed by atoms with E-state index in [9.17, 15) is 4.79 Å². The average Bonchev–Trinajstić information content (AvgIpc) is 3.15. The van der Waals surface area contributed by atoms with E-state index in [1.165, 1.54) is 12.8 Å². The summed E-state index contributed by atoms with van der Waals surface area (Å²) in [6, 6.07) is 7.69. The van der Waals surface area contributed by atoms with E-state index in [4.69, 9.17) is 4.74 Å². The Morgan fingerprint density at radius 2 is 2.15 bits per heavy atom. The normalized spacial score (nSPS) is 15.4. The summed E-state index contributed by atoms with van der Waals surface area (Å²) < 4.78 is 7.01. The monoisotopic (exact) mass is 270 g/mol. The van der Waals surface area contributed by atoms with Crippen molar-refractivity contribution in [2.45, 2.75) is 31.6 Å². The predicted molar refractivity (Wildman–Crippen MR) is 76.7 cm³/mol. The second-order valence-corrected chi connectivity index (χ2v) is 5.21. The third-order valence-electron chi connectivity index (χ3n) is 3.96. The molecule has 1 aliphatic rings. The van der Waals surface area contributed by atoms with Crippen LogP contribution in [0.1, 0.15) is 47.7 Å². The predicted octanol–water partition coefficient (Wildman–Crippen LogP) is 3.35. The van der Waals surface area contributed by atoms with Gasteiger partial charge in [0.2, 0.25) is 0 Å². The van der Waals surface area contributed by atoms with Gasteiger partial charge in [0.1, 0.15) is 5.75 Å². The second-order valence-electron chi connectivity index (χ2n) is 5.21. The van der Waals surface area contributed by atoms with E-state index < -0.39 is 0 Å². The molecule has 4 nitrogen and oxygen atoms in total. The molecule has 2 aromatic rings. The van der Waals surface area contributed by atoms with E-state index in [0.717, 1.165) is 36.3 Å². The van der Waals surface area contributed by atoms with Gasteiger partial charge in [0, 0.05) is 18.2 Å². The number of aldehydes is 1. The van der Waals surface area contributed by atoms with E-state index in [-0.39, 0.29) is 0 Å². The van der Waals surface area contributed by atoms with Crippen LogP contribution in [0.3, 0.4) is 0 Å². The van der Waals surface area contributed by atoms with Crippen molar-refractivity contribution in [1.82, 2.24) is 9.78 Å². The van der Waals surface area contributed by atoms with Gasteiger partial charge in [-0.1, -0.05) is 18.9 Å². The largest absolute Gasteiger partial charge is 0.497 e. The number of ether oxygens (including phenoxy) is 1. The van der Waals surface area contributed by atoms with Crippen LogP contribution in [0.15, 0.2) is 30.5 Å². The minimum absolute atomic E-state index is 0.432. The fraction of sp³-hybridized carbons (Fsp3) is 0.375. The lowest BCUT2D eigenvalue weighted by molar-refractivity contribution is 0.112. The van der Waals surface area contributed by atoms with Gasteiger partial charge in [0.05, 0.1) is 24.1 Å². The fourth-order valence-electron chi connectivity index (χ4n) is 2.89. The van der Waals surface area contributed by atoms with Gasteiger partial charge in [0.25, 0.3) is 0 Å². The summed E-state index contributed by atoms with van der Waals surface area (Å²) >= 11 is 0. The molecule has 0 atom stereocenters. The van der Waals surface area contributed by atoms with Crippen LogP contribution in [0, 0.1) is 0 Å². The van der Waals surface area contributed by atoms with E-state index in [2.05, 4.69) is 5.10 Å². The highest BCUT2D eigenvalue weighted by molar-refractivity contribution is 5.76. The number of benzene rings is 1. The van der Waals surface area contributed by atoms with Crippen LogP contribution in [0.2, 0.25) is 0 Å². The molecule has 1 aliphatic carbocycles. The molecule has 1 heterocycles. The highest BCUT2D eigenvalue weighted by Gasteiger charge is 2.23. The number of methoxy groups -OCH3 is 1. The minimum Gasteiger partial charge on any atom is -0.497 e. The van der Waals surface area contributed by atoms with Gasteiger partial charge in [0.15, 0.2) is 6.29 Å². The fourth-order valence-corrected chi connectivity index (χ4v) is 2.89. The topological polar surface area (TPSA) is 44.1 Å². The number of hydrogen-bond donors (Lipinski definition) is 0. The summed E-state index contributed by atoms with van der Waals surface area (Å²) in [7, 11) is 1.64. The molecule has 1 aromatic heterocycles. The number of aromatic nitrogens is 2. The van der Waals surface area contributed by atoms with E-state index in [0.29, 0.717) is 11.5 Å². The molecule has 0 saturated heterocycles. The quantitative estimate of drug-likeness (QED) is 0.800. The Bertz CT molecular complexity index is 613. The third-order valence-corrected chi connectivity index (χ3v) is 3.96. The SMILES string of the molecule is COc1cccc(-n2cc(C=O)c(C3CCCC3)n2)c1. The van der Waals surface area contributed by atoms with Crippen LogP contribution in [-0.2, 0) is 0 Å². The standard InChI is InChI=1S/C16H18N2O2/c1-20-15-8-4-7-14(9-15)18-10-13(11-19)16(17-18)12-5-2-3-6-12/h4,7-12H,2-3,5-6H2,1H3. The summed E-state index contributed by atoms with van der Waals surface area (Å²) in [6.07, 6.45) is 7.46. The van der Waals surface area contributed by atoms with Gasteiger partial charge < -0.3 is 4.74 Å². The molecule has 20 heavy (non-hydrogen) atoms. The molecule has 0 unspecified atom stereocenters. The zero-order chi connectivity index (χ0) is 13.9. The summed E-state index contributed by atoms with van der Waals surface area (Å²) in [5.41, 5.74) is 2.57. The summed E-state index contributed by atoms with van der Waals surface area (Å²) in [5.74, 6) is 1.22. The Hall–Kier alpha value is -2.10. The lowest BCUT2D eigenvalue weighted by Gasteiger charge is -2.06. The lowest BCUT2D eigenvalue weighted by atomic mass is 10.0. The van der Waals surface area contributed by atoms with E-state index >= 15 is 0 Å². The number of hydrogen-bond acceptors (Lipinski definition) is 3. The zero-order valence-corrected chi connectivity index (χ0v) is 11.6. The maximum absolute atomic E-state index is 11.3. The number of nitrogens with zero attached hydrogens (tertiary/aromatic N) is 2. The Morgan fingerprint density at radius 3 is 2.85 bits per heavy atom. The minimum atomic E-state index is 0.432. The number of rotatable bonds is 4. The average molecular weight is 270 g/mol. The maximum Gasteiger partial charge on any atom is 0.153 e. The molecule has 0 N–H and O–H groups in total. The first-order valence-electron chi connectivity index (χ1n) is 7.01.